The van der Waals surface area contributed by atoms with Crippen molar-refractivity contribution in [3.63, 3.8) is 0 Å². The Kier molecular flexibility index (Phi) is 5.30. The monoisotopic (exact) mass is 553 g/mol. The quantitative estimate of drug-likeness (QED) is 0.231. The summed E-state index contributed by atoms with van der Waals surface area (Å²) in [6.45, 7) is 2.36. The van der Waals surface area contributed by atoms with Gasteiger partial charge >= 0.3 is 0 Å². The van der Waals surface area contributed by atoms with Crippen molar-refractivity contribution in [2.75, 3.05) is 0 Å². The number of aromatic nitrogens is 2. The highest BCUT2D eigenvalue weighted by molar-refractivity contribution is 6.10. The van der Waals surface area contributed by atoms with E-state index in [9.17, 15) is 0 Å². The van der Waals surface area contributed by atoms with Gasteiger partial charge in [-0.1, -0.05) is 91.9 Å². The van der Waals surface area contributed by atoms with Gasteiger partial charge in [0.1, 0.15) is 5.82 Å². The lowest BCUT2D eigenvalue weighted by Crippen LogP contribution is -2.32. The molecule has 1 aliphatic heterocycles. The van der Waals surface area contributed by atoms with Gasteiger partial charge in [0.05, 0.1) is 28.3 Å². The molecule has 2 unspecified atom stereocenters. The number of para-hydroxylation sites is 2. The van der Waals surface area contributed by atoms with Crippen LogP contribution in [0.4, 0.5) is 0 Å². The molecule has 0 spiro atoms. The van der Waals surface area contributed by atoms with Crippen molar-refractivity contribution < 1.29 is 0 Å². The summed E-state index contributed by atoms with van der Waals surface area (Å²) in [7, 11) is 0. The van der Waals surface area contributed by atoms with E-state index in [2.05, 4.69) is 161 Å². The maximum Gasteiger partial charge on any atom is 0.111 e. The molecule has 0 bridgehead atoms. The van der Waals surface area contributed by atoms with Crippen molar-refractivity contribution >= 4 is 44.6 Å². The second-order valence-electron chi connectivity index (χ2n) is 11.9. The van der Waals surface area contributed by atoms with Gasteiger partial charge in [0.25, 0.3) is 0 Å². The summed E-state index contributed by atoms with van der Waals surface area (Å²) in [6, 6.07) is 33.6. The molecule has 3 heteroatoms. The Labute approximate surface area is 251 Å². The Morgan fingerprint density at radius 1 is 0.674 bits per heavy atom. The highest BCUT2D eigenvalue weighted by Gasteiger charge is 2.26. The number of nitrogens with one attached hydrogen (secondary N) is 1. The zero-order valence-electron chi connectivity index (χ0n) is 24.0. The summed E-state index contributed by atoms with van der Waals surface area (Å²) < 4.78 is 4.81. The number of hydrogen-bond donors (Lipinski definition) is 1. The fourth-order valence-corrected chi connectivity index (χ4v) is 7.33. The van der Waals surface area contributed by atoms with Crippen LogP contribution in [-0.2, 0) is 0 Å². The van der Waals surface area contributed by atoms with Crippen molar-refractivity contribution in [3.8, 4) is 16.8 Å². The van der Waals surface area contributed by atoms with Gasteiger partial charge in [-0.3, -0.25) is 4.57 Å². The molecule has 6 aromatic rings. The predicted octanol–water partition coefficient (Wildman–Crippen LogP) is 9.75. The van der Waals surface area contributed by atoms with E-state index in [1.807, 2.05) is 0 Å². The maximum absolute atomic E-state index is 3.80. The molecule has 2 atom stereocenters. The summed E-state index contributed by atoms with van der Waals surface area (Å²) in [5.74, 6) is 1.58. The normalized spacial score (nSPS) is 18.9. The minimum Gasteiger partial charge on any atom is -0.361 e. The third kappa shape index (κ3) is 3.68. The Balaban J connectivity index is 1.23. The number of dihydropyridines is 1. The fourth-order valence-electron chi connectivity index (χ4n) is 7.33. The molecule has 2 aliphatic carbocycles. The van der Waals surface area contributed by atoms with Crippen LogP contribution in [0.5, 0.6) is 0 Å². The second kappa shape index (κ2) is 9.37. The zero-order chi connectivity index (χ0) is 28.5. The van der Waals surface area contributed by atoms with E-state index in [-0.39, 0.29) is 6.04 Å². The first-order chi connectivity index (χ1) is 21.2. The summed E-state index contributed by atoms with van der Waals surface area (Å²) in [6.07, 6.45) is 18.9. The second-order valence-corrected chi connectivity index (χ2v) is 11.9. The van der Waals surface area contributed by atoms with Crippen molar-refractivity contribution in [3.05, 3.63) is 150 Å². The van der Waals surface area contributed by atoms with Gasteiger partial charge in [-0.2, -0.15) is 0 Å². The highest BCUT2D eigenvalue weighted by Crippen LogP contribution is 2.42. The summed E-state index contributed by atoms with van der Waals surface area (Å²) in [5.41, 5.74) is 11.4. The molecule has 1 N–H and O–H groups in total. The third-order valence-corrected chi connectivity index (χ3v) is 9.36. The van der Waals surface area contributed by atoms with Gasteiger partial charge in [0.15, 0.2) is 0 Å². The van der Waals surface area contributed by atoms with Crippen LogP contribution in [0.25, 0.3) is 61.4 Å². The van der Waals surface area contributed by atoms with E-state index in [1.165, 1.54) is 66.4 Å². The fraction of sp³-hybridized carbons (Fsp3) is 0.100. The Morgan fingerprint density at radius 2 is 1.42 bits per heavy atom. The van der Waals surface area contributed by atoms with Crippen LogP contribution in [0, 0.1) is 0 Å². The summed E-state index contributed by atoms with van der Waals surface area (Å²) in [5, 5.41) is 7.69. The highest BCUT2D eigenvalue weighted by atomic mass is 15.2. The van der Waals surface area contributed by atoms with Gasteiger partial charge in [0, 0.05) is 21.8 Å². The van der Waals surface area contributed by atoms with Gasteiger partial charge in [-0.25, -0.2) is 0 Å². The van der Waals surface area contributed by atoms with Crippen molar-refractivity contribution in [2.24, 2.45) is 0 Å². The van der Waals surface area contributed by atoms with Gasteiger partial charge in [-0.05, 0) is 89.2 Å². The number of nitrogens with zero attached hydrogens (tertiary/aromatic N) is 2. The molecule has 0 saturated heterocycles. The molecule has 0 fully saturated rings. The molecular formula is C40H31N3. The van der Waals surface area contributed by atoms with E-state index in [1.54, 1.807) is 0 Å². The van der Waals surface area contributed by atoms with Crippen LogP contribution in [0.1, 0.15) is 30.5 Å². The number of allylic oxidation sites excluding steroid dienone is 5. The third-order valence-electron chi connectivity index (χ3n) is 9.36. The first-order valence-corrected chi connectivity index (χ1v) is 15.2. The number of benzene rings is 4. The lowest BCUT2D eigenvalue weighted by Gasteiger charge is -2.27. The number of rotatable bonds is 3. The average molecular weight is 554 g/mol. The largest absolute Gasteiger partial charge is 0.361 e. The van der Waals surface area contributed by atoms with Gasteiger partial charge in [-0.15, -0.1) is 0 Å². The van der Waals surface area contributed by atoms with E-state index >= 15 is 0 Å². The maximum atomic E-state index is 3.80. The van der Waals surface area contributed by atoms with E-state index < -0.39 is 0 Å². The molecule has 3 aliphatic rings. The minimum atomic E-state index is 0.201. The molecule has 9 rings (SSSR count). The summed E-state index contributed by atoms with van der Waals surface area (Å²) in [4.78, 5) is 0. The Morgan fingerprint density at radius 3 is 2.28 bits per heavy atom. The van der Waals surface area contributed by atoms with Crippen LogP contribution in [0.15, 0.2) is 139 Å². The number of hydrogen-bond acceptors (Lipinski definition) is 1. The topological polar surface area (TPSA) is 21.9 Å². The predicted molar refractivity (Wildman–Crippen MR) is 181 cm³/mol. The molecule has 3 heterocycles. The zero-order valence-corrected chi connectivity index (χ0v) is 24.0. The van der Waals surface area contributed by atoms with Crippen molar-refractivity contribution in [1.29, 1.82) is 0 Å². The lowest BCUT2D eigenvalue weighted by molar-refractivity contribution is 0.752. The molecule has 206 valence electrons. The van der Waals surface area contributed by atoms with E-state index in [0.717, 1.165) is 12.2 Å². The van der Waals surface area contributed by atoms with Gasteiger partial charge < -0.3 is 9.88 Å². The van der Waals surface area contributed by atoms with Gasteiger partial charge in [0.2, 0.25) is 0 Å². The first kappa shape index (κ1) is 24.3. The van der Waals surface area contributed by atoms with Crippen molar-refractivity contribution in [2.45, 2.75) is 25.3 Å². The molecule has 0 radical (unpaired) electrons. The minimum absolute atomic E-state index is 0.201. The molecular weight excluding hydrogens is 522 g/mol. The molecule has 3 nitrogen and oxygen atoms in total. The Bertz CT molecular complexity index is 2250. The average Bonchev–Trinajstić information content (AvgIpc) is 3.58. The summed E-state index contributed by atoms with van der Waals surface area (Å²) >= 11 is 0. The number of fused-ring (bicyclic) bond motifs is 7. The van der Waals surface area contributed by atoms with Crippen LogP contribution in [0.2, 0.25) is 0 Å². The van der Waals surface area contributed by atoms with Crippen LogP contribution in [-0.4, -0.2) is 15.2 Å². The SMILES string of the molecule is CC1CC=Cc2c1c1cc(-c3ccc4c(c3)c3ccccc3n4-c3ccccc3)ccc1n2C1=CC=C2C=CC=CC2N1. The van der Waals surface area contributed by atoms with Crippen LogP contribution in [0.3, 0.4) is 0 Å². The van der Waals surface area contributed by atoms with Crippen LogP contribution >= 0.6 is 0 Å². The molecule has 0 saturated carbocycles. The molecule has 2 aromatic heterocycles. The lowest BCUT2D eigenvalue weighted by atomic mass is 9.90. The van der Waals surface area contributed by atoms with E-state index in [4.69, 9.17) is 0 Å². The molecule has 43 heavy (non-hydrogen) atoms. The Hall–Kier alpha value is -5.28. The molecule has 0 amide bonds. The van der Waals surface area contributed by atoms with Crippen LogP contribution < -0.4 is 5.32 Å². The first-order valence-electron chi connectivity index (χ1n) is 15.2. The smallest absolute Gasteiger partial charge is 0.111 e. The van der Waals surface area contributed by atoms with Crippen molar-refractivity contribution in [1.82, 2.24) is 14.5 Å². The van der Waals surface area contributed by atoms with E-state index in [0.29, 0.717) is 5.92 Å². The molecule has 4 aromatic carbocycles. The standard InChI is InChI=1S/C40H31N3/c1-26-10-9-17-38-40(26)33-25-29(19-22-37(33)43(38)39-23-20-27-11-5-7-15-34(27)41-39)28-18-21-36-32(24-28)31-14-6-8-16-35(31)42(36)30-12-3-2-4-13-30/h2-9,11-26,34,41H,10H2,1H3.